The van der Waals surface area contributed by atoms with Gasteiger partial charge in [-0.25, -0.2) is 0 Å². The monoisotopic (exact) mass is 697 g/mol. The molecule has 49 heavy (non-hydrogen) atoms. The zero-order chi connectivity index (χ0) is 35.6. The summed E-state index contributed by atoms with van der Waals surface area (Å²) in [5, 5.41) is 52.0. The predicted octanol–water partition coefficient (Wildman–Crippen LogP) is 11.6. The van der Waals surface area contributed by atoms with Gasteiger partial charge in [-0.15, -0.1) is 0 Å². The van der Waals surface area contributed by atoms with E-state index in [0.29, 0.717) is 32.1 Å². The molecule has 0 aliphatic heterocycles. The van der Waals surface area contributed by atoms with E-state index in [1.54, 1.807) is 0 Å². The van der Waals surface area contributed by atoms with Crippen LogP contribution in [-0.4, -0.2) is 58.6 Å². The van der Waals surface area contributed by atoms with E-state index in [1.807, 2.05) is 0 Å². The number of aliphatic hydroxyl groups is 5. The molecular formula is C44H88O5. The van der Waals surface area contributed by atoms with Crippen molar-refractivity contribution < 1.29 is 25.5 Å². The van der Waals surface area contributed by atoms with Crippen LogP contribution < -0.4 is 0 Å². The first-order valence-electron chi connectivity index (χ1n) is 22.2. The van der Waals surface area contributed by atoms with Gasteiger partial charge in [0.15, 0.2) is 0 Å². The normalized spacial score (nSPS) is 24.1. The summed E-state index contributed by atoms with van der Waals surface area (Å²) in [5.41, 5.74) is -0.777. The van der Waals surface area contributed by atoms with Gasteiger partial charge < -0.3 is 25.5 Å². The summed E-state index contributed by atoms with van der Waals surface area (Å²) in [4.78, 5) is 0. The molecule has 1 atom stereocenters. The van der Waals surface area contributed by atoms with Crippen molar-refractivity contribution >= 4 is 0 Å². The fourth-order valence-corrected chi connectivity index (χ4v) is 9.93. The number of rotatable bonds is 10. The topological polar surface area (TPSA) is 101 Å². The van der Waals surface area contributed by atoms with E-state index < -0.39 is 5.41 Å². The molecule has 1 aliphatic rings. The Morgan fingerprint density at radius 3 is 0.837 bits per heavy atom. The maximum absolute atomic E-state index is 10.5. The number of hydrogen-bond donors (Lipinski definition) is 5. The molecule has 1 aliphatic carbocycles. The third-order valence-corrected chi connectivity index (χ3v) is 12.8. The molecule has 0 heterocycles. The Labute approximate surface area is 305 Å². The fourth-order valence-electron chi connectivity index (χ4n) is 9.93. The molecular weight excluding hydrogens is 608 g/mol. The number of hydrogen-bond acceptors (Lipinski definition) is 5. The van der Waals surface area contributed by atoms with Crippen LogP contribution in [0.25, 0.3) is 0 Å². The maximum atomic E-state index is 10.5. The van der Waals surface area contributed by atoms with Crippen LogP contribution in [0, 0.1) is 16.7 Å². The van der Waals surface area contributed by atoms with Gasteiger partial charge in [-0.3, -0.25) is 0 Å². The molecule has 1 unspecified atom stereocenters. The third kappa shape index (κ3) is 21.2. The second-order valence-corrected chi connectivity index (χ2v) is 16.3. The van der Waals surface area contributed by atoms with Gasteiger partial charge in [0.25, 0.3) is 0 Å². The molecule has 0 saturated heterocycles. The van der Waals surface area contributed by atoms with Crippen LogP contribution in [0.1, 0.15) is 231 Å². The second kappa shape index (κ2) is 33.6. The molecule has 0 radical (unpaired) electrons. The van der Waals surface area contributed by atoms with Gasteiger partial charge in [0.1, 0.15) is 0 Å². The second-order valence-electron chi connectivity index (χ2n) is 16.3. The standard InChI is InChI=1S/C44H88O5/c45-37-31-42-30-28-26-24-22-20-18-16-14-12-10-8-6-4-2-1-3-5-7-9-11-13-15-17-19-21-23-25-27-29-32-43(33-38-46,34-39-47)44(42,35-40-48)36-41-49/h42,45-49H,1-41H2. The van der Waals surface area contributed by atoms with E-state index in [9.17, 15) is 25.5 Å². The van der Waals surface area contributed by atoms with Crippen molar-refractivity contribution in [1.82, 2.24) is 0 Å². The summed E-state index contributed by atoms with van der Waals surface area (Å²) in [7, 11) is 0. The molecule has 1 rings (SSSR count). The largest absolute Gasteiger partial charge is 0.396 e. The molecule has 0 aromatic heterocycles. The van der Waals surface area contributed by atoms with E-state index >= 15 is 0 Å². The lowest BCUT2D eigenvalue weighted by Gasteiger charge is -2.56. The first-order valence-corrected chi connectivity index (χ1v) is 22.2. The minimum atomic E-state index is -0.415. The Balaban J connectivity index is 2.85. The minimum absolute atomic E-state index is 0.0283. The summed E-state index contributed by atoms with van der Waals surface area (Å²) in [5.74, 6) is 0.151. The lowest BCUT2D eigenvalue weighted by molar-refractivity contribution is -0.100. The van der Waals surface area contributed by atoms with E-state index in [1.165, 1.54) is 167 Å². The van der Waals surface area contributed by atoms with Gasteiger partial charge >= 0.3 is 0 Å². The highest BCUT2D eigenvalue weighted by Gasteiger charge is 2.52. The Hall–Kier alpha value is -0.200. The van der Waals surface area contributed by atoms with Crippen molar-refractivity contribution in [3.05, 3.63) is 0 Å². The molecule has 0 bridgehead atoms. The Bertz CT molecular complexity index is 658. The summed E-state index contributed by atoms with van der Waals surface area (Å²) in [6.07, 6.45) is 43.7. The molecule has 0 aromatic carbocycles. The van der Waals surface area contributed by atoms with Crippen molar-refractivity contribution in [1.29, 1.82) is 0 Å². The predicted molar refractivity (Wildman–Crippen MR) is 210 cm³/mol. The molecule has 294 valence electrons. The van der Waals surface area contributed by atoms with Crippen LogP contribution in [0.4, 0.5) is 0 Å². The quantitative estimate of drug-likeness (QED) is 0.156. The minimum Gasteiger partial charge on any atom is -0.396 e. The third-order valence-electron chi connectivity index (χ3n) is 12.8. The molecule has 1 saturated carbocycles. The molecule has 5 N–H and O–H groups in total. The summed E-state index contributed by atoms with van der Waals surface area (Å²) >= 11 is 0. The van der Waals surface area contributed by atoms with Gasteiger partial charge in [-0.1, -0.05) is 186 Å². The average Bonchev–Trinajstić information content (AvgIpc) is 3.09. The Kier molecular flexibility index (Phi) is 32.1. The molecule has 0 aromatic rings. The van der Waals surface area contributed by atoms with Crippen LogP contribution in [-0.2, 0) is 0 Å². The summed E-state index contributed by atoms with van der Waals surface area (Å²) in [6, 6.07) is 0. The number of aliphatic hydroxyl groups excluding tert-OH is 5. The Morgan fingerprint density at radius 2 is 0.571 bits per heavy atom. The Morgan fingerprint density at radius 1 is 0.306 bits per heavy atom. The highest BCUT2D eigenvalue weighted by molar-refractivity contribution is 5.02. The van der Waals surface area contributed by atoms with Crippen LogP contribution in [0.15, 0.2) is 0 Å². The lowest BCUT2D eigenvalue weighted by Crippen LogP contribution is -2.50. The molecule has 1 fully saturated rings. The van der Waals surface area contributed by atoms with Crippen molar-refractivity contribution in [2.24, 2.45) is 16.7 Å². The summed E-state index contributed by atoms with van der Waals surface area (Å²) < 4.78 is 0. The van der Waals surface area contributed by atoms with Crippen LogP contribution >= 0.6 is 0 Å². The van der Waals surface area contributed by atoms with E-state index in [2.05, 4.69) is 0 Å². The molecule has 5 heteroatoms. The van der Waals surface area contributed by atoms with Crippen molar-refractivity contribution in [3.63, 3.8) is 0 Å². The van der Waals surface area contributed by atoms with Crippen molar-refractivity contribution in [2.45, 2.75) is 231 Å². The van der Waals surface area contributed by atoms with E-state index in [0.717, 1.165) is 32.1 Å². The van der Waals surface area contributed by atoms with E-state index in [4.69, 9.17) is 0 Å². The zero-order valence-corrected chi connectivity index (χ0v) is 32.8. The van der Waals surface area contributed by atoms with Gasteiger partial charge in [-0.05, 0) is 61.7 Å². The van der Waals surface area contributed by atoms with Gasteiger partial charge in [-0.2, -0.15) is 0 Å². The van der Waals surface area contributed by atoms with Gasteiger partial charge in [0.05, 0.1) is 0 Å². The smallest absolute Gasteiger partial charge is 0.0436 e. The average molecular weight is 697 g/mol. The van der Waals surface area contributed by atoms with Crippen molar-refractivity contribution in [3.8, 4) is 0 Å². The van der Waals surface area contributed by atoms with Crippen molar-refractivity contribution in [2.75, 3.05) is 33.0 Å². The maximum Gasteiger partial charge on any atom is 0.0436 e. The first-order chi connectivity index (χ1) is 24.2. The molecule has 0 amide bonds. The van der Waals surface area contributed by atoms with Gasteiger partial charge in [0, 0.05) is 33.0 Å². The highest BCUT2D eigenvalue weighted by Crippen LogP contribution is 2.59. The molecule has 5 nitrogen and oxygen atoms in total. The summed E-state index contributed by atoms with van der Waals surface area (Å²) in [6.45, 7) is 0.244. The first kappa shape index (κ1) is 46.8. The van der Waals surface area contributed by atoms with Crippen LogP contribution in [0.3, 0.4) is 0 Å². The zero-order valence-electron chi connectivity index (χ0n) is 32.8. The fraction of sp³-hybridized carbons (Fsp3) is 1.00. The van der Waals surface area contributed by atoms with Gasteiger partial charge in [0.2, 0.25) is 0 Å². The SMILES string of the molecule is OCCC1CCCCCCCCCCCCCCCCCCCCCCCCCCCCCCCC(CCO)(CCO)C1(CCO)CCO. The van der Waals surface area contributed by atoms with Crippen LogP contribution in [0.5, 0.6) is 0 Å². The van der Waals surface area contributed by atoms with Crippen LogP contribution in [0.2, 0.25) is 0 Å². The lowest BCUT2D eigenvalue weighted by atomic mass is 9.49. The van der Waals surface area contributed by atoms with E-state index in [-0.39, 0.29) is 44.4 Å². The highest BCUT2D eigenvalue weighted by atomic mass is 16.3. The molecule has 0 spiro atoms.